The van der Waals surface area contributed by atoms with Gasteiger partial charge in [0.1, 0.15) is 12.7 Å². The molecule has 0 saturated carbocycles. The number of hydrogen-bond acceptors (Lipinski definition) is 7. The molecule has 2 aliphatic heterocycles. The molecule has 0 spiro atoms. The van der Waals surface area contributed by atoms with Crippen molar-refractivity contribution in [3.8, 4) is 0 Å². The van der Waals surface area contributed by atoms with Gasteiger partial charge in [-0.2, -0.15) is 0 Å². The maximum atomic E-state index is 11.7. The third-order valence-corrected chi connectivity index (χ3v) is 4.26. The second-order valence-electron chi connectivity index (χ2n) is 4.84. The quantitative estimate of drug-likeness (QED) is 0.826. The van der Waals surface area contributed by atoms with Gasteiger partial charge in [0.15, 0.2) is 5.13 Å². The Labute approximate surface area is 125 Å². The van der Waals surface area contributed by atoms with Crippen molar-refractivity contribution in [3.05, 3.63) is 11.1 Å². The molecule has 0 unspecified atom stereocenters. The Morgan fingerprint density at radius 3 is 3.05 bits per heavy atom. The number of cyclic esters (lactones) is 1. The number of ether oxygens (including phenoxy) is 2. The summed E-state index contributed by atoms with van der Waals surface area (Å²) in [5.41, 5.74) is 6.26. The van der Waals surface area contributed by atoms with Gasteiger partial charge >= 0.3 is 6.09 Å². The number of amides is 2. The van der Waals surface area contributed by atoms with E-state index in [2.05, 4.69) is 4.98 Å². The topological polar surface area (TPSA) is 98.0 Å². The van der Waals surface area contributed by atoms with Crippen LogP contribution in [0.5, 0.6) is 0 Å². The highest BCUT2D eigenvalue weighted by molar-refractivity contribution is 7.14. The normalized spacial score (nSPS) is 22.8. The van der Waals surface area contributed by atoms with Gasteiger partial charge in [-0.3, -0.25) is 4.79 Å². The molecule has 0 bridgehead atoms. The Hall–Kier alpha value is -1.71. The van der Waals surface area contributed by atoms with E-state index in [0.717, 1.165) is 5.69 Å². The molecule has 1 aromatic rings. The van der Waals surface area contributed by atoms with Crippen LogP contribution in [0.4, 0.5) is 9.93 Å². The maximum absolute atomic E-state index is 11.7. The van der Waals surface area contributed by atoms with Crippen molar-refractivity contribution in [2.24, 2.45) is 5.73 Å². The number of hydrogen-bond donors (Lipinski definition) is 1. The largest absolute Gasteiger partial charge is 0.443 e. The summed E-state index contributed by atoms with van der Waals surface area (Å²) in [7, 11) is 0. The molecule has 2 amide bonds. The highest BCUT2D eigenvalue weighted by Crippen LogP contribution is 2.26. The number of carbonyl (C=O) groups is 2. The molecule has 9 heteroatoms. The van der Waals surface area contributed by atoms with Gasteiger partial charge in [-0.25, -0.2) is 14.7 Å². The van der Waals surface area contributed by atoms with E-state index in [1.54, 1.807) is 4.90 Å². The lowest BCUT2D eigenvalue weighted by molar-refractivity contribution is -0.143. The maximum Gasteiger partial charge on any atom is 0.416 e. The van der Waals surface area contributed by atoms with Gasteiger partial charge in [-0.1, -0.05) is 0 Å². The van der Waals surface area contributed by atoms with Crippen molar-refractivity contribution in [3.63, 3.8) is 0 Å². The van der Waals surface area contributed by atoms with Crippen molar-refractivity contribution < 1.29 is 19.1 Å². The van der Waals surface area contributed by atoms with E-state index in [4.69, 9.17) is 15.2 Å². The molecule has 2 aliphatic rings. The van der Waals surface area contributed by atoms with Crippen molar-refractivity contribution in [1.82, 2.24) is 9.88 Å². The zero-order chi connectivity index (χ0) is 14.8. The Morgan fingerprint density at radius 1 is 1.48 bits per heavy atom. The van der Waals surface area contributed by atoms with Crippen LogP contribution in [0, 0.1) is 0 Å². The lowest BCUT2D eigenvalue weighted by atomic mass is 10.3. The van der Waals surface area contributed by atoms with Crippen LogP contribution >= 0.6 is 11.3 Å². The summed E-state index contributed by atoms with van der Waals surface area (Å²) in [6.07, 6.45) is -0.709. The van der Waals surface area contributed by atoms with Gasteiger partial charge in [0.2, 0.25) is 5.91 Å². The van der Waals surface area contributed by atoms with Gasteiger partial charge in [-0.05, 0) is 0 Å². The predicted octanol–water partition coefficient (Wildman–Crippen LogP) is -0.214. The molecule has 1 aromatic heterocycles. The molecule has 3 heterocycles. The highest BCUT2D eigenvalue weighted by Gasteiger charge is 2.33. The molecule has 0 radical (unpaired) electrons. The minimum atomic E-state index is -0.422. The summed E-state index contributed by atoms with van der Waals surface area (Å²) >= 11 is 1.36. The van der Waals surface area contributed by atoms with Crippen molar-refractivity contribution >= 4 is 28.5 Å². The summed E-state index contributed by atoms with van der Waals surface area (Å²) in [5.74, 6) is -0.0421. The Kier molecular flexibility index (Phi) is 4.04. The first-order chi connectivity index (χ1) is 10.2. The smallest absolute Gasteiger partial charge is 0.416 e. The van der Waals surface area contributed by atoms with Crippen LogP contribution in [-0.2, 0) is 20.8 Å². The fraction of sp³-hybridized carbons (Fsp3) is 0.583. The van der Waals surface area contributed by atoms with Gasteiger partial charge in [-0.15, -0.1) is 11.3 Å². The predicted molar refractivity (Wildman–Crippen MR) is 75.0 cm³/mol. The number of morpholine rings is 1. The third kappa shape index (κ3) is 2.99. The fourth-order valence-corrected chi connectivity index (χ4v) is 3.02. The zero-order valence-electron chi connectivity index (χ0n) is 11.4. The Morgan fingerprint density at radius 2 is 2.33 bits per heavy atom. The second kappa shape index (κ2) is 5.96. The molecule has 1 atom stereocenters. The molecule has 2 N–H and O–H groups in total. The first-order valence-electron chi connectivity index (χ1n) is 6.65. The van der Waals surface area contributed by atoms with Crippen LogP contribution in [0.3, 0.4) is 0 Å². The zero-order valence-corrected chi connectivity index (χ0v) is 12.2. The first kappa shape index (κ1) is 14.2. The summed E-state index contributed by atoms with van der Waals surface area (Å²) in [5, 5.41) is 2.42. The standard InChI is InChI=1S/C12H16N4O4S/c13-3-9-5-16(12(18)20-9)11-14-8(7-21-11)4-15-1-2-19-6-10(15)17/h7,9H,1-6,13H2/t9-/m0/s1. The third-order valence-electron chi connectivity index (χ3n) is 3.34. The van der Waals surface area contributed by atoms with Crippen molar-refractivity contribution in [2.45, 2.75) is 12.6 Å². The minimum Gasteiger partial charge on any atom is -0.443 e. The number of anilines is 1. The average molecular weight is 312 g/mol. The van der Waals surface area contributed by atoms with Crippen LogP contribution in [-0.4, -0.2) is 60.8 Å². The monoisotopic (exact) mass is 312 g/mol. The highest BCUT2D eigenvalue weighted by atomic mass is 32.1. The SMILES string of the molecule is NC[C@H]1CN(c2nc(CN3CCOCC3=O)cs2)C(=O)O1. The van der Waals surface area contributed by atoms with E-state index in [9.17, 15) is 9.59 Å². The van der Waals surface area contributed by atoms with E-state index < -0.39 is 6.09 Å². The molecule has 0 aromatic carbocycles. The number of nitrogens with zero attached hydrogens (tertiary/aromatic N) is 3. The molecule has 0 aliphatic carbocycles. The van der Waals surface area contributed by atoms with E-state index in [-0.39, 0.29) is 18.6 Å². The van der Waals surface area contributed by atoms with Crippen LogP contribution in [0.25, 0.3) is 0 Å². The summed E-state index contributed by atoms with van der Waals surface area (Å²) in [6.45, 7) is 2.36. The number of aromatic nitrogens is 1. The lowest BCUT2D eigenvalue weighted by Gasteiger charge is -2.25. The van der Waals surface area contributed by atoms with Gasteiger partial charge < -0.3 is 20.1 Å². The average Bonchev–Trinajstić information content (AvgIpc) is 3.07. The molecule has 114 valence electrons. The lowest BCUT2D eigenvalue weighted by Crippen LogP contribution is -2.41. The van der Waals surface area contributed by atoms with E-state index in [1.807, 2.05) is 5.38 Å². The van der Waals surface area contributed by atoms with Crippen LogP contribution in [0.1, 0.15) is 5.69 Å². The van der Waals surface area contributed by atoms with E-state index in [0.29, 0.717) is 37.9 Å². The van der Waals surface area contributed by atoms with E-state index >= 15 is 0 Å². The van der Waals surface area contributed by atoms with Crippen LogP contribution in [0.2, 0.25) is 0 Å². The van der Waals surface area contributed by atoms with Crippen molar-refractivity contribution in [2.75, 3.05) is 37.7 Å². The molecule has 3 rings (SSSR count). The fourth-order valence-electron chi connectivity index (χ4n) is 2.21. The second-order valence-corrected chi connectivity index (χ2v) is 5.68. The van der Waals surface area contributed by atoms with Crippen LogP contribution in [0.15, 0.2) is 5.38 Å². The first-order valence-corrected chi connectivity index (χ1v) is 7.53. The molecule has 2 fully saturated rings. The summed E-state index contributed by atoms with van der Waals surface area (Å²) in [4.78, 5) is 31.0. The number of carbonyl (C=O) groups excluding carboxylic acids is 2. The number of nitrogens with two attached hydrogens (primary N) is 1. The molecule has 8 nitrogen and oxygen atoms in total. The number of thiazole rings is 1. The summed E-state index contributed by atoms with van der Waals surface area (Å²) < 4.78 is 10.2. The molecule has 21 heavy (non-hydrogen) atoms. The van der Waals surface area contributed by atoms with Crippen molar-refractivity contribution in [1.29, 1.82) is 0 Å². The molecular formula is C12H16N4O4S. The Bertz CT molecular complexity index is 549. The van der Waals surface area contributed by atoms with E-state index in [1.165, 1.54) is 16.2 Å². The molecule has 2 saturated heterocycles. The van der Waals surface area contributed by atoms with Crippen LogP contribution < -0.4 is 10.6 Å². The van der Waals surface area contributed by atoms with Gasteiger partial charge in [0.25, 0.3) is 0 Å². The minimum absolute atomic E-state index is 0.0421. The molecular weight excluding hydrogens is 296 g/mol. The Balaban J connectivity index is 1.66. The summed E-state index contributed by atoms with van der Waals surface area (Å²) in [6, 6.07) is 0. The number of rotatable bonds is 4. The van der Waals surface area contributed by atoms with Gasteiger partial charge in [0, 0.05) is 18.5 Å². The van der Waals surface area contributed by atoms with Gasteiger partial charge in [0.05, 0.1) is 25.4 Å².